The van der Waals surface area contributed by atoms with Crippen LogP contribution < -0.4 is 0 Å². The smallest absolute Gasteiger partial charge is 0.320 e. The topological polar surface area (TPSA) is 46.6 Å². The van der Waals surface area contributed by atoms with Crippen LogP contribution in [0.2, 0.25) is 0 Å². The van der Waals surface area contributed by atoms with Crippen LogP contribution in [0, 0.1) is 11.3 Å². The summed E-state index contributed by atoms with van der Waals surface area (Å²) in [5, 5.41) is 0. The minimum atomic E-state index is -1.08. The molecule has 16 heavy (non-hydrogen) atoms. The lowest BCUT2D eigenvalue weighted by Gasteiger charge is -2.33. The van der Waals surface area contributed by atoms with E-state index in [1.165, 1.54) is 26.4 Å². The fourth-order valence-electron chi connectivity index (χ4n) is 1.97. The molecule has 0 radical (unpaired) electrons. The van der Waals surface area contributed by atoms with Gasteiger partial charge < -0.3 is 9.64 Å². The van der Waals surface area contributed by atoms with Crippen molar-refractivity contribution in [3.8, 4) is 0 Å². The van der Waals surface area contributed by atoms with Crippen LogP contribution in [0.25, 0.3) is 0 Å². The van der Waals surface area contributed by atoms with Crippen molar-refractivity contribution < 1.29 is 14.3 Å². The summed E-state index contributed by atoms with van der Waals surface area (Å²) in [6, 6.07) is 0. The summed E-state index contributed by atoms with van der Waals surface area (Å²) < 4.78 is 4.65. The van der Waals surface area contributed by atoms with E-state index in [0.29, 0.717) is 5.92 Å². The molecule has 0 heterocycles. The molecule has 0 saturated heterocycles. The highest BCUT2D eigenvalue weighted by molar-refractivity contribution is 6.01. The van der Waals surface area contributed by atoms with Gasteiger partial charge in [-0.3, -0.25) is 9.59 Å². The van der Waals surface area contributed by atoms with Gasteiger partial charge >= 0.3 is 5.97 Å². The fourth-order valence-corrected chi connectivity index (χ4v) is 1.97. The molecule has 4 nitrogen and oxygen atoms in total. The van der Waals surface area contributed by atoms with Gasteiger partial charge in [0.1, 0.15) is 5.41 Å². The van der Waals surface area contributed by atoms with Crippen LogP contribution in [0.3, 0.4) is 0 Å². The third kappa shape index (κ3) is 2.54. The van der Waals surface area contributed by atoms with Gasteiger partial charge in [-0.25, -0.2) is 0 Å². The summed E-state index contributed by atoms with van der Waals surface area (Å²) in [7, 11) is 3.06. The molecule has 0 aromatic heterocycles. The molecule has 1 rings (SSSR count). The zero-order chi connectivity index (χ0) is 12.3. The highest BCUT2D eigenvalue weighted by Gasteiger charge is 2.39. The largest absolute Gasteiger partial charge is 0.468 e. The number of methoxy groups -OCH3 is 1. The molecule has 1 aliphatic rings. The summed E-state index contributed by atoms with van der Waals surface area (Å²) in [6.07, 6.45) is 3.64. The van der Waals surface area contributed by atoms with E-state index in [1.807, 2.05) is 0 Å². The first-order valence-corrected chi connectivity index (χ1v) is 5.73. The first-order valence-electron chi connectivity index (χ1n) is 5.73. The molecule has 0 aromatic rings. The van der Waals surface area contributed by atoms with Crippen molar-refractivity contribution in [1.82, 2.24) is 4.90 Å². The summed E-state index contributed by atoms with van der Waals surface area (Å²) in [5.41, 5.74) is -1.08. The molecule has 1 amide bonds. The number of esters is 1. The molecule has 0 unspecified atom stereocenters. The average Bonchev–Trinajstić information content (AvgIpc) is 2.20. The van der Waals surface area contributed by atoms with Gasteiger partial charge in [0.25, 0.3) is 0 Å². The second kappa shape index (κ2) is 4.85. The number of rotatable bonds is 4. The zero-order valence-corrected chi connectivity index (χ0v) is 10.6. The maximum absolute atomic E-state index is 12.1. The lowest BCUT2D eigenvalue weighted by molar-refractivity contribution is -0.160. The van der Waals surface area contributed by atoms with Crippen molar-refractivity contribution in [2.24, 2.45) is 11.3 Å². The average molecular weight is 227 g/mol. The lowest BCUT2D eigenvalue weighted by atomic mass is 9.84. The van der Waals surface area contributed by atoms with E-state index in [0.717, 1.165) is 6.54 Å². The normalized spacial score (nSPS) is 16.5. The third-order valence-electron chi connectivity index (χ3n) is 3.33. The van der Waals surface area contributed by atoms with Gasteiger partial charge in [-0.05, 0) is 32.6 Å². The summed E-state index contributed by atoms with van der Waals surface area (Å²) in [4.78, 5) is 25.2. The number of amides is 1. The monoisotopic (exact) mass is 227 g/mol. The van der Waals surface area contributed by atoms with Crippen molar-refractivity contribution in [1.29, 1.82) is 0 Å². The maximum atomic E-state index is 12.1. The predicted octanol–water partition coefficient (Wildman–Crippen LogP) is 1.44. The standard InChI is InChI=1S/C12H21NO3/c1-12(2,11(15)16-4)10(14)13(3)8-9-6-5-7-9/h9H,5-8H2,1-4H3. The quantitative estimate of drug-likeness (QED) is 0.539. The predicted molar refractivity (Wildman–Crippen MR) is 60.8 cm³/mol. The van der Waals surface area contributed by atoms with Gasteiger partial charge in [-0.1, -0.05) is 6.42 Å². The SMILES string of the molecule is COC(=O)C(C)(C)C(=O)N(C)CC1CCC1. The Labute approximate surface area is 96.9 Å². The van der Waals surface area contributed by atoms with Gasteiger partial charge in [0.2, 0.25) is 5.91 Å². The molecule has 0 aliphatic heterocycles. The Hall–Kier alpha value is -1.06. The Balaban J connectivity index is 2.57. The summed E-state index contributed by atoms with van der Waals surface area (Å²) in [5.74, 6) is -0.0217. The van der Waals surface area contributed by atoms with Gasteiger partial charge in [0.05, 0.1) is 7.11 Å². The van der Waals surface area contributed by atoms with Crippen molar-refractivity contribution in [3.63, 3.8) is 0 Å². The molecular weight excluding hydrogens is 206 g/mol. The molecule has 0 atom stereocenters. The molecule has 1 fully saturated rings. The van der Waals surface area contributed by atoms with Gasteiger partial charge in [-0.15, -0.1) is 0 Å². The van der Waals surface area contributed by atoms with E-state index in [9.17, 15) is 9.59 Å². The molecule has 1 aliphatic carbocycles. The van der Waals surface area contributed by atoms with Crippen LogP contribution in [-0.4, -0.2) is 37.5 Å². The van der Waals surface area contributed by atoms with Crippen molar-refractivity contribution >= 4 is 11.9 Å². The number of nitrogens with zero attached hydrogens (tertiary/aromatic N) is 1. The van der Waals surface area contributed by atoms with Crippen LogP contribution in [0.15, 0.2) is 0 Å². The van der Waals surface area contributed by atoms with E-state index < -0.39 is 11.4 Å². The highest BCUT2D eigenvalue weighted by atomic mass is 16.5. The molecular formula is C12H21NO3. The Morgan fingerprint density at radius 1 is 1.38 bits per heavy atom. The summed E-state index contributed by atoms with van der Waals surface area (Å²) in [6.45, 7) is 3.97. The molecule has 4 heteroatoms. The van der Waals surface area contributed by atoms with Crippen LogP contribution >= 0.6 is 0 Å². The van der Waals surface area contributed by atoms with E-state index in [2.05, 4.69) is 4.74 Å². The second-order valence-electron chi connectivity index (χ2n) is 5.10. The number of hydrogen-bond donors (Lipinski definition) is 0. The molecule has 0 N–H and O–H groups in total. The van der Waals surface area contributed by atoms with Crippen LogP contribution in [0.5, 0.6) is 0 Å². The molecule has 0 bridgehead atoms. The van der Waals surface area contributed by atoms with E-state index >= 15 is 0 Å². The van der Waals surface area contributed by atoms with Gasteiger partial charge in [-0.2, -0.15) is 0 Å². The van der Waals surface area contributed by atoms with Crippen molar-refractivity contribution in [3.05, 3.63) is 0 Å². The lowest BCUT2D eigenvalue weighted by Crippen LogP contribution is -2.46. The Morgan fingerprint density at radius 2 is 1.94 bits per heavy atom. The van der Waals surface area contributed by atoms with Crippen LogP contribution in [-0.2, 0) is 14.3 Å². The van der Waals surface area contributed by atoms with E-state index in [4.69, 9.17) is 0 Å². The molecule has 0 aromatic carbocycles. The third-order valence-corrected chi connectivity index (χ3v) is 3.33. The fraction of sp³-hybridized carbons (Fsp3) is 0.833. The van der Waals surface area contributed by atoms with E-state index in [-0.39, 0.29) is 5.91 Å². The highest BCUT2D eigenvalue weighted by Crippen LogP contribution is 2.28. The van der Waals surface area contributed by atoms with E-state index in [1.54, 1.807) is 25.8 Å². The number of ether oxygens (including phenoxy) is 1. The number of carbonyl (C=O) groups excluding carboxylic acids is 2. The maximum Gasteiger partial charge on any atom is 0.320 e. The van der Waals surface area contributed by atoms with Gasteiger partial charge in [0, 0.05) is 13.6 Å². The molecule has 0 spiro atoms. The zero-order valence-electron chi connectivity index (χ0n) is 10.6. The first-order chi connectivity index (χ1) is 7.39. The number of carbonyl (C=O) groups is 2. The number of hydrogen-bond acceptors (Lipinski definition) is 3. The molecule has 92 valence electrons. The van der Waals surface area contributed by atoms with Gasteiger partial charge in [0.15, 0.2) is 0 Å². The van der Waals surface area contributed by atoms with Crippen LogP contribution in [0.1, 0.15) is 33.1 Å². The Morgan fingerprint density at radius 3 is 2.31 bits per heavy atom. The van der Waals surface area contributed by atoms with Crippen molar-refractivity contribution in [2.75, 3.05) is 20.7 Å². The Kier molecular flexibility index (Phi) is 3.94. The second-order valence-corrected chi connectivity index (χ2v) is 5.10. The van der Waals surface area contributed by atoms with Crippen molar-refractivity contribution in [2.45, 2.75) is 33.1 Å². The molecule has 1 saturated carbocycles. The van der Waals surface area contributed by atoms with Crippen LogP contribution in [0.4, 0.5) is 0 Å². The first kappa shape index (κ1) is 13.0. The minimum Gasteiger partial charge on any atom is -0.468 e. The summed E-state index contributed by atoms with van der Waals surface area (Å²) >= 11 is 0. The minimum absolute atomic E-state index is 0.161. The Bertz CT molecular complexity index is 282.